The lowest BCUT2D eigenvalue weighted by molar-refractivity contribution is 0.0950. The second kappa shape index (κ2) is 7.63. The van der Waals surface area contributed by atoms with Gasteiger partial charge in [-0.15, -0.1) is 0 Å². The summed E-state index contributed by atoms with van der Waals surface area (Å²) in [4.78, 5) is 32.2. The van der Waals surface area contributed by atoms with Crippen molar-refractivity contribution in [2.75, 3.05) is 31.2 Å². The normalized spacial score (nSPS) is 14.3. The topological polar surface area (TPSA) is 93.1 Å². The Morgan fingerprint density at radius 3 is 2.70 bits per heavy atom. The number of anilines is 1. The number of benzene rings is 1. The van der Waals surface area contributed by atoms with E-state index in [1.807, 2.05) is 13.0 Å². The summed E-state index contributed by atoms with van der Waals surface area (Å²) >= 11 is 0. The third-order valence-electron chi connectivity index (χ3n) is 4.35. The number of morpholine rings is 1. The van der Waals surface area contributed by atoms with Crippen LogP contribution in [0.2, 0.25) is 0 Å². The molecular formula is C19H20N6O2. The van der Waals surface area contributed by atoms with Gasteiger partial charge in [-0.2, -0.15) is 0 Å². The van der Waals surface area contributed by atoms with Crippen LogP contribution in [-0.2, 0) is 11.3 Å². The third kappa shape index (κ3) is 4.01. The first-order valence-corrected chi connectivity index (χ1v) is 8.85. The first kappa shape index (κ1) is 17.3. The zero-order chi connectivity index (χ0) is 18.6. The summed E-state index contributed by atoms with van der Waals surface area (Å²) in [5.74, 6) is 0.510. The number of rotatable bonds is 4. The van der Waals surface area contributed by atoms with E-state index in [1.54, 1.807) is 30.6 Å². The second-order valence-corrected chi connectivity index (χ2v) is 6.34. The minimum Gasteiger partial charge on any atom is -0.378 e. The molecule has 1 aliphatic rings. The van der Waals surface area contributed by atoms with Crippen molar-refractivity contribution in [1.29, 1.82) is 0 Å². The van der Waals surface area contributed by atoms with Crippen LogP contribution in [0.3, 0.4) is 0 Å². The van der Waals surface area contributed by atoms with E-state index >= 15 is 0 Å². The van der Waals surface area contributed by atoms with E-state index in [1.165, 1.54) is 0 Å². The first-order valence-electron chi connectivity index (χ1n) is 8.85. The molecule has 4 rings (SSSR count). The van der Waals surface area contributed by atoms with Crippen LogP contribution in [0.4, 0.5) is 5.95 Å². The monoisotopic (exact) mass is 364 g/mol. The molecule has 27 heavy (non-hydrogen) atoms. The van der Waals surface area contributed by atoms with E-state index in [0.717, 1.165) is 30.0 Å². The number of ether oxygens (including phenoxy) is 1. The molecule has 138 valence electrons. The van der Waals surface area contributed by atoms with Crippen LogP contribution in [0.25, 0.3) is 11.0 Å². The molecule has 0 aliphatic carbocycles. The zero-order valence-electron chi connectivity index (χ0n) is 15.1. The molecule has 8 nitrogen and oxygen atoms in total. The predicted octanol–water partition coefficient (Wildman–Crippen LogP) is 1.49. The number of nitrogens with zero attached hydrogens (tertiary/aromatic N) is 5. The van der Waals surface area contributed by atoms with Gasteiger partial charge in [-0.1, -0.05) is 0 Å². The standard InChI is InChI=1S/C19H20N6O2/c1-13-10-15(24-19(23-13)25-6-8-27-9-7-25)12-22-18(26)14-2-3-16-17(11-14)21-5-4-20-16/h2-5,10-11H,6-9,12H2,1H3,(H,22,26). The average molecular weight is 364 g/mol. The number of carbonyl (C=O) groups excluding carboxylic acids is 1. The van der Waals surface area contributed by atoms with Crippen molar-refractivity contribution in [2.45, 2.75) is 13.5 Å². The van der Waals surface area contributed by atoms with E-state index in [9.17, 15) is 4.79 Å². The Hall–Kier alpha value is -3.13. The Morgan fingerprint density at radius 1 is 1.11 bits per heavy atom. The van der Waals surface area contributed by atoms with Gasteiger partial charge in [0.2, 0.25) is 5.95 Å². The molecule has 1 N–H and O–H groups in total. The zero-order valence-corrected chi connectivity index (χ0v) is 15.1. The molecule has 0 saturated carbocycles. The van der Waals surface area contributed by atoms with E-state index in [0.29, 0.717) is 36.8 Å². The van der Waals surface area contributed by atoms with Crippen molar-refractivity contribution < 1.29 is 9.53 Å². The number of aromatic nitrogens is 4. The summed E-state index contributed by atoms with van der Waals surface area (Å²) in [7, 11) is 0. The summed E-state index contributed by atoms with van der Waals surface area (Å²) in [5.41, 5.74) is 3.64. The maximum Gasteiger partial charge on any atom is 0.251 e. The summed E-state index contributed by atoms with van der Waals surface area (Å²) in [6, 6.07) is 7.16. The lowest BCUT2D eigenvalue weighted by atomic mass is 10.2. The van der Waals surface area contributed by atoms with Crippen LogP contribution in [-0.4, -0.2) is 52.1 Å². The summed E-state index contributed by atoms with van der Waals surface area (Å²) in [6.45, 7) is 5.15. The minimum atomic E-state index is -0.174. The van der Waals surface area contributed by atoms with Crippen molar-refractivity contribution in [3.05, 3.63) is 53.6 Å². The maximum atomic E-state index is 12.5. The maximum absolute atomic E-state index is 12.5. The number of carbonyl (C=O) groups is 1. The second-order valence-electron chi connectivity index (χ2n) is 6.34. The fraction of sp³-hybridized carbons (Fsp3) is 0.316. The van der Waals surface area contributed by atoms with Crippen molar-refractivity contribution in [1.82, 2.24) is 25.3 Å². The summed E-state index contributed by atoms with van der Waals surface area (Å²) in [5, 5.41) is 2.92. The molecule has 0 bridgehead atoms. The molecule has 1 aliphatic heterocycles. The van der Waals surface area contributed by atoms with Gasteiger partial charge in [-0.25, -0.2) is 9.97 Å². The SMILES string of the molecule is Cc1cc(CNC(=O)c2ccc3nccnc3c2)nc(N2CCOCC2)n1. The van der Waals surface area contributed by atoms with Gasteiger partial charge < -0.3 is 15.0 Å². The summed E-state index contributed by atoms with van der Waals surface area (Å²) < 4.78 is 5.38. The minimum absolute atomic E-state index is 0.174. The largest absolute Gasteiger partial charge is 0.378 e. The average Bonchev–Trinajstić information content (AvgIpc) is 2.72. The Kier molecular flexibility index (Phi) is 4.88. The first-order chi connectivity index (χ1) is 13.2. The molecule has 0 unspecified atom stereocenters. The quantitative estimate of drug-likeness (QED) is 0.750. The van der Waals surface area contributed by atoms with Crippen LogP contribution in [0.15, 0.2) is 36.7 Å². The van der Waals surface area contributed by atoms with Crippen LogP contribution in [0, 0.1) is 6.92 Å². The Balaban J connectivity index is 1.47. The van der Waals surface area contributed by atoms with Gasteiger partial charge in [0.1, 0.15) is 0 Å². The number of hydrogen-bond donors (Lipinski definition) is 1. The van der Waals surface area contributed by atoms with Gasteiger partial charge in [0, 0.05) is 36.7 Å². The molecule has 3 heterocycles. The lowest BCUT2D eigenvalue weighted by Gasteiger charge is -2.27. The number of hydrogen-bond acceptors (Lipinski definition) is 7. The van der Waals surface area contributed by atoms with E-state index < -0.39 is 0 Å². The molecule has 0 radical (unpaired) electrons. The molecule has 1 aromatic carbocycles. The van der Waals surface area contributed by atoms with Gasteiger partial charge in [-0.05, 0) is 31.2 Å². The molecule has 1 saturated heterocycles. The third-order valence-corrected chi connectivity index (χ3v) is 4.35. The van der Waals surface area contributed by atoms with E-state index in [4.69, 9.17) is 4.74 Å². The molecule has 1 fully saturated rings. The molecule has 3 aromatic rings. The van der Waals surface area contributed by atoms with Crippen molar-refractivity contribution in [3.8, 4) is 0 Å². The predicted molar refractivity (Wildman–Crippen MR) is 101 cm³/mol. The lowest BCUT2D eigenvalue weighted by Crippen LogP contribution is -2.37. The van der Waals surface area contributed by atoms with E-state index in [-0.39, 0.29) is 5.91 Å². The highest BCUT2D eigenvalue weighted by Crippen LogP contribution is 2.13. The molecule has 2 aromatic heterocycles. The van der Waals surface area contributed by atoms with Crippen molar-refractivity contribution >= 4 is 22.9 Å². The van der Waals surface area contributed by atoms with Gasteiger partial charge in [0.05, 0.1) is 36.5 Å². The van der Waals surface area contributed by atoms with Crippen molar-refractivity contribution in [3.63, 3.8) is 0 Å². The van der Waals surface area contributed by atoms with Crippen LogP contribution < -0.4 is 10.2 Å². The van der Waals surface area contributed by atoms with E-state index in [2.05, 4.69) is 30.2 Å². The van der Waals surface area contributed by atoms with Gasteiger partial charge in [0.25, 0.3) is 5.91 Å². The fourth-order valence-corrected chi connectivity index (χ4v) is 2.99. The number of aryl methyl sites for hydroxylation is 1. The van der Waals surface area contributed by atoms with Gasteiger partial charge in [0.15, 0.2) is 0 Å². The molecular weight excluding hydrogens is 344 g/mol. The van der Waals surface area contributed by atoms with Crippen LogP contribution in [0.1, 0.15) is 21.7 Å². The number of nitrogens with one attached hydrogen (secondary N) is 1. The fourth-order valence-electron chi connectivity index (χ4n) is 2.99. The highest BCUT2D eigenvalue weighted by Gasteiger charge is 2.15. The summed E-state index contributed by atoms with van der Waals surface area (Å²) in [6.07, 6.45) is 3.24. The molecule has 1 amide bonds. The molecule has 0 atom stereocenters. The molecule has 0 spiro atoms. The van der Waals surface area contributed by atoms with Crippen LogP contribution >= 0.6 is 0 Å². The smallest absolute Gasteiger partial charge is 0.251 e. The van der Waals surface area contributed by atoms with Crippen molar-refractivity contribution in [2.24, 2.45) is 0 Å². The highest BCUT2D eigenvalue weighted by atomic mass is 16.5. The Bertz CT molecular complexity index is 971. The Morgan fingerprint density at radius 2 is 1.89 bits per heavy atom. The Labute approximate surface area is 156 Å². The van der Waals surface area contributed by atoms with Crippen LogP contribution in [0.5, 0.6) is 0 Å². The number of fused-ring (bicyclic) bond motifs is 1. The highest BCUT2D eigenvalue weighted by molar-refractivity contribution is 5.97. The number of amides is 1. The molecule has 8 heteroatoms. The van der Waals surface area contributed by atoms with Gasteiger partial charge >= 0.3 is 0 Å². The van der Waals surface area contributed by atoms with Gasteiger partial charge in [-0.3, -0.25) is 14.8 Å².